The smallest absolute Gasteiger partial charge is 0.157 e. The molecule has 0 atom stereocenters. The largest absolute Gasteiger partial charge is 0.355 e. The lowest BCUT2D eigenvalue weighted by atomic mass is 10.1. The van der Waals surface area contributed by atoms with Gasteiger partial charge in [-0.3, -0.25) is 9.30 Å². The number of hydrogen-bond donors (Lipinski definition) is 0. The highest BCUT2D eigenvalue weighted by molar-refractivity contribution is 5.85. The average molecular weight is 410 g/mol. The Kier molecular flexibility index (Phi) is 4.88. The van der Waals surface area contributed by atoms with E-state index in [4.69, 9.17) is 4.98 Å². The SMILES string of the molecule is Cc1ccc(CN2CCN(c3cc(C)c(C#N)c4nc5ccccc5n34)CC2)c(C)c1. The Bertz CT molecular complexity index is 1320. The van der Waals surface area contributed by atoms with Crippen LogP contribution in [0.4, 0.5) is 5.82 Å². The van der Waals surface area contributed by atoms with E-state index in [9.17, 15) is 5.26 Å². The fraction of sp³-hybridized carbons (Fsp3) is 0.308. The molecule has 1 fully saturated rings. The first-order chi connectivity index (χ1) is 15.0. The molecule has 0 spiro atoms. The van der Waals surface area contributed by atoms with Gasteiger partial charge in [0.2, 0.25) is 0 Å². The van der Waals surface area contributed by atoms with E-state index in [1.165, 1.54) is 16.7 Å². The third-order valence-electron chi connectivity index (χ3n) is 6.45. The highest BCUT2D eigenvalue weighted by Gasteiger charge is 2.23. The molecule has 0 saturated carbocycles. The number of piperazine rings is 1. The monoisotopic (exact) mass is 409 g/mol. The molecule has 4 aromatic rings. The van der Waals surface area contributed by atoms with E-state index in [1.807, 2.05) is 25.1 Å². The quantitative estimate of drug-likeness (QED) is 0.496. The van der Waals surface area contributed by atoms with Crippen LogP contribution >= 0.6 is 0 Å². The van der Waals surface area contributed by atoms with Crippen LogP contribution in [0.1, 0.15) is 27.8 Å². The minimum absolute atomic E-state index is 0.661. The summed E-state index contributed by atoms with van der Waals surface area (Å²) in [6.45, 7) is 11.3. The molecule has 0 bridgehead atoms. The van der Waals surface area contributed by atoms with Crippen molar-refractivity contribution in [2.24, 2.45) is 0 Å². The Hall–Kier alpha value is -3.36. The molecule has 5 heteroatoms. The van der Waals surface area contributed by atoms with E-state index in [1.54, 1.807) is 0 Å². The van der Waals surface area contributed by atoms with Crippen molar-refractivity contribution < 1.29 is 0 Å². The molecule has 0 N–H and O–H groups in total. The van der Waals surface area contributed by atoms with Crippen molar-refractivity contribution in [3.63, 3.8) is 0 Å². The molecule has 0 aliphatic carbocycles. The van der Waals surface area contributed by atoms with Gasteiger partial charge >= 0.3 is 0 Å². The zero-order valence-corrected chi connectivity index (χ0v) is 18.4. The first-order valence-corrected chi connectivity index (χ1v) is 10.9. The highest BCUT2D eigenvalue weighted by Crippen LogP contribution is 2.29. The van der Waals surface area contributed by atoms with Crippen LogP contribution in [0.5, 0.6) is 0 Å². The molecular formula is C26H27N5. The van der Waals surface area contributed by atoms with Crippen LogP contribution in [0.25, 0.3) is 16.7 Å². The van der Waals surface area contributed by atoms with Gasteiger partial charge in [-0.25, -0.2) is 4.98 Å². The molecule has 0 unspecified atom stereocenters. The number of hydrogen-bond acceptors (Lipinski definition) is 4. The van der Waals surface area contributed by atoms with Crippen LogP contribution in [0.2, 0.25) is 0 Å². The maximum atomic E-state index is 9.73. The van der Waals surface area contributed by atoms with Gasteiger partial charge in [-0.15, -0.1) is 0 Å². The summed E-state index contributed by atoms with van der Waals surface area (Å²) in [6.07, 6.45) is 0. The van der Waals surface area contributed by atoms with Gasteiger partial charge in [0, 0.05) is 32.7 Å². The number of imidazole rings is 1. The number of benzene rings is 2. The summed E-state index contributed by atoms with van der Waals surface area (Å²) < 4.78 is 2.17. The Morgan fingerprint density at radius 2 is 1.71 bits per heavy atom. The summed E-state index contributed by atoms with van der Waals surface area (Å²) in [5, 5.41) is 9.73. The highest BCUT2D eigenvalue weighted by atomic mass is 15.3. The van der Waals surface area contributed by atoms with E-state index >= 15 is 0 Å². The Morgan fingerprint density at radius 1 is 0.935 bits per heavy atom. The summed E-state index contributed by atoms with van der Waals surface area (Å²) in [5.74, 6) is 1.13. The summed E-state index contributed by atoms with van der Waals surface area (Å²) in [5.41, 5.74) is 8.50. The van der Waals surface area contributed by atoms with Crippen molar-refractivity contribution in [2.75, 3.05) is 31.1 Å². The summed E-state index contributed by atoms with van der Waals surface area (Å²) in [7, 11) is 0. The van der Waals surface area contributed by atoms with Crippen LogP contribution in [-0.2, 0) is 6.54 Å². The van der Waals surface area contributed by atoms with Crippen molar-refractivity contribution >= 4 is 22.5 Å². The van der Waals surface area contributed by atoms with Crippen molar-refractivity contribution in [1.29, 1.82) is 5.26 Å². The Balaban J connectivity index is 1.45. The van der Waals surface area contributed by atoms with E-state index in [0.717, 1.165) is 60.8 Å². The Morgan fingerprint density at radius 3 is 2.45 bits per heavy atom. The summed E-state index contributed by atoms with van der Waals surface area (Å²) in [6, 6.07) is 19.4. The standard InChI is InChI=1S/C26H27N5/c1-18-8-9-21(19(2)14-18)17-29-10-12-30(13-11-29)25-15-20(3)22(16-27)26-28-23-6-4-5-7-24(23)31(25)26/h4-9,14-15H,10-13,17H2,1-3H3. The van der Waals surface area contributed by atoms with Gasteiger partial charge in [0.25, 0.3) is 0 Å². The predicted molar refractivity (Wildman–Crippen MR) is 126 cm³/mol. The minimum Gasteiger partial charge on any atom is -0.355 e. The molecule has 3 heterocycles. The van der Waals surface area contributed by atoms with Crippen LogP contribution in [-0.4, -0.2) is 40.5 Å². The van der Waals surface area contributed by atoms with Gasteiger partial charge in [0.15, 0.2) is 5.65 Å². The molecule has 5 nitrogen and oxygen atoms in total. The van der Waals surface area contributed by atoms with E-state index in [0.29, 0.717) is 5.56 Å². The normalized spacial score (nSPS) is 15.0. The lowest BCUT2D eigenvalue weighted by molar-refractivity contribution is 0.249. The number of nitriles is 1. The van der Waals surface area contributed by atoms with Gasteiger partial charge < -0.3 is 4.90 Å². The zero-order valence-electron chi connectivity index (χ0n) is 18.4. The predicted octanol–water partition coefficient (Wildman–Crippen LogP) is 4.61. The number of anilines is 1. The maximum absolute atomic E-state index is 9.73. The molecule has 0 amide bonds. The second-order valence-corrected chi connectivity index (χ2v) is 8.63. The van der Waals surface area contributed by atoms with Gasteiger partial charge in [0.05, 0.1) is 16.6 Å². The van der Waals surface area contributed by atoms with Crippen LogP contribution < -0.4 is 4.90 Å². The molecule has 2 aromatic heterocycles. The lowest BCUT2D eigenvalue weighted by Gasteiger charge is -2.36. The molecule has 156 valence electrons. The third kappa shape index (κ3) is 3.43. The number of aryl methyl sites for hydroxylation is 3. The summed E-state index contributed by atoms with van der Waals surface area (Å²) in [4.78, 5) is 9.77. The second kappa shape index (κ2) is 7.72. The third-order valence-corrected chi connectivity index (χ3v) is 6.45. The molecule has 2 aromatic carbocycles. The number of fused-ring (bicyclic) bond motifs is 3. The zero-order chi connectivity index (χ0) is 21.5. The fourth-order valence-electron chi connectivity index (χ4n) is 4.70. The molecule has 0 radical (unpaired) electrons. The number of nitrogens with zero attached hydrogens (tertiary/aromatic N) is 5. The van der Waals surface area contributed by atoms with E-state index in [-0.39, 0.29) is 0 Å². The topological polar surface area (TPSA) is 47.6 Å². The first kappa shape index (κ1) is 19.6. The number of aromatic nitrogens is 2. The molecule has 1 aliphatic rings. The fourth-order valence-corrected chi connectivity index (χ4v) is 4.70. The molecule has 1 saturated heterocycles. The van der Waals surface area contributed by atoms with Gasteiger partial charge in [-0.1, -0.05) is 35.9 Å². The molecule has 31 heavy (non-hydrogen) atoms. The van der Waals surface area contributed by atoms with Crippen LogP contribution in [0, 0.1) is 32.1 Å². The lowest BCUT2D eigenvalue weighted by Crippen LogP contribution is -2.46. The van der Waals surface area contributed by atoms with E-state index < -0.39 is 0 Å². The van der Waals surface area contributed by atoms with Crippen molar-refractivity contribution in [3.8, 4) is 6.07 Å². The average Bonchev–Trinajstić information content (AvgIpc) is 3.15. The summed E-state index contributed by atoms with van der Waals surface area (Å²) >= 11 is 0. The Labute approximate surface area is 183 Å². The molecular weight excluding hydrogens is 382 g/mol. The van der Waals surface area contributed by atoms with Crippen LogP contribution in [0.15, 0.2) is 48.5 Å². The van der Waals surface area contributed by atoms with Gasteiger partial charge in [-0.05, 0) is 55.7 Å². The maximum Gasteiger partial charge on any atom is 0.157 e. The second-order valence-electron chi connectivity index (χ2n) is 8.63. The molecule has 5 rings (SSSR count). The van der Waals surface area contributed by atoms with Crippen LogP contribution in [0.3, 0.4) is 0 Å². The van der Waals surface area contributed by atoms with Gasteiger partial charge in [-0.2, -0.15) is 5.26 Å². The van der Waals surface area contributed by atoms with Crippen molar-refractivity contribution in [3.05, 3.63) is 76.3 Å². The van der Waals surface area contributed by atoms with Crippen molar-refractivity contribution in [1.82, 2.24) is 14.3 Å². The number of rotatable bonds is 3. The minimum atomic E-state index is 0.661. The van der Waals surface area contributed by atoms with Crippen molar-refractivity contribution in [2.45, 2.75) is 27.3 Å². The first-order valence-electron chi connectivity index (χ1n) is 10.9. The number of para-hydroxylation sites is 2. The van der Waals surface area contributed by atoms with Gasteiger partial charge in [0.1, 0.15) is 11.9 Å². The van der Waals surface area contributed by atoms with E-state index in [2.05, 4.69) is 64.4 Å². The molecule has 1 aliphatic heterocycles. The number of pyridine rings is 1.